The van der Waals surface area contributed by atoms with E-state index in [2.05, 4.69) is 264 Å². The molecular weight excluding hydrogens is 777 g/mol. The summed E-state index contributed by atoms with van der Waals surface area (Å²) in [6, 6.07) is 94.4. The van der Waals surface area contributed by atoms with E-state index in [9.17, 15) is 0 Å². The Hall–Kier alpha value is -7.98. The van der Waals surface area contributed by atoms with Gasteiger partial charge in [-0.3, -0.25) is 0 Å². The van der Waals surface area contributed by atoms with Crippen molar-refractivity contribution in [3.63, 3.8) is 0 Å². The van der Waals surface area contributed by atoms with E-state index in [4.69, 9.17) is 0 Å². The van der Waals surface area contributed by atoms with Gasteiger partial charge in [-0.15, -0.1) is 0 Å². The smallest absolute Gasteiger partial charge is 0.181 e. The fraction of sp³-hybridized carbons (Fsp3) is 0. The number of fused-ring (bicyclic) bond motifs is 6. The number of rotatable bonds is 8. The molecule has 0 bridgehead atoms. The average Bonchev–Trinajstić information content (AvgIpc) is 3.89. The summed E-state index contributed by atoms with van der Waals surface area (Å²) < 4.78 is 5.10. The van der Waals surface area contributed by atoms with Crippen LogP contribution in [0.25, 0.3) is 77.2 Å². The summed E-state index contributed by atoms with van der Waals surface area (Å²) in [4.78, 5) is 0. The molecule has 0 aliphatic carbocycles. The van der Waals surface area contributed by atoms with Gasteiger partial charge < -0.3 is 9.13 Å². The predicted molar refractivity (Wildman–Crippen MR) is 270 cm³/mol. The van der Waals surface area contributed by atoms with E-state index in [1.54, 1.807) is 0 Å². The van der Waals surface area contributed by atoms with Crippen molar-refractivity contribution in [2.45, 2.75) is 0 Å². The molecular formula is C60H42N2Si. The number of nitrogens with zero attached hydrogens (tertiary/aromatic N) is 2. The lowest BCUT2D eigenvalue weighted by Crippen LogP contribution is -2.75. The van der Waals surface area contributed by atoms with Gasteiger partial charge in [0.1, 0.15) is 0 Å². The highest BCUT2D eigenvalue weighted by Crippen LogP contribution is 2.42. The fourth-order valence-electron chi connectivity index (χ4n) is 10.4. The molecule has 12 rings (SSSR count). The highest BCUT2D eigenvalue weighted by Gasteiger charge is 2.43. The Labute approximate surface area is 368 Å². The third-order valence-corrected chi connectivity index (χ3v) is 17.9. The minimum atomic E-state index is -3.00. The molecule has 0 unspecified atom stereocenters. The van der Waals surface area contributed by atoms with Crippen LogP contribution in [0.5, 0.6) is 0 Å². The summed E-state index contributed by atoms with van der Waals surface area (Å²) >= 11 is 0. The molecule has 0 N–H and O–H groups in total. The molecule has 10 aromatic carbocycles. The van der Waals surface area contributed by atoms with Crippen molar-refractivity contribution in [3.05, 3.63) is 255 Å². The van der Waals surface area contributed by atoms with Crippen molar-refractivity contribution < 1.29 is 0 Å². The molecule has 63 heavy (non-hydrogen) atoms. The lowest BCUT2D eigenvalue weighted by molar-refractivity contribution is 1.17. The van der Waals surface area contributed by atoms with E-state index < -0.39 is 8.07 Å². The van der Waals surface area contributed by atoms with Gasteiger partial charge in [-0.2, -0.15) is 0 Å². The van der Waals surface area contributed by atoms with Gasteiger partial charge >= 0.3 is 0 Å². The van der Waals surface area contributed by atoms with Gasteiger partial charge in [-0.1, -0.05) is 218 Å². The van der Waals surface area contributed by atoms with E-state index in [0.717, 1.165) is 11.4 Å². The van der Waals surface area contributed by atoms with Crippen LogP contribution in [0, 0.1) is 0 Å². The Morgan fingerprint density at radius 3 is 1.30 bits per heavy atom. The molecule has 296 valence electrons. The first-order valence-electron chi connectivity index (χ1n) is 21.8. The molecule has 0 amide bonds. The normalized spacial score (nSPS) is 11.8. The predicted octanol–water partition coefficient (Wildman–Crippen LogP) is 12.6. The SMILES string of the molecule is c1ccc(-c2ccc(-n3c4ccccc4c4c(-n5c6ccccc6c6cccc([Si](c7ccccc7)(c7ccccc7)c7ccccc7)c65)cc(-c5ccccc5)cc43)cc2)cc1. The summed E-state index contributed by atoms with van der Waals surface area (Å²) in [7, 11) is -3.00. The lowest BCUT2D eigenvalue weighted by Gasteiger charge is -2.35. The van der Waals surface area contributed by atoms with Gasteiger partial charge in [-0.05, 0) is 79.4 Å². The van der Waals surface area contributed by atoms with E-state index in [1.165, 1.54) is 86.6 Å². The van der Waals surface area contributed by atoms with Crippen LogP contribution >= 0.6 is 0 Å². The molecule has 0 saturated carbocycles. The van der Waals surface area contributed by atoms with Gasteiger partial charge in [0.25, 0.3) is 0 Å². The minimum Gasteiger partial charge on any atom is -0.309 e. The summed E-state index contributed by atoms with van der Waals surface area (Å²) in [5.41, 5.74) is 11.8. The Kier molecular flexibility index (Phi) is 8.87. The number of hydrogen-bond acceptors (Lipinski definition) is 0. The molecule has 0 aliphatic rings. The monoisotopic (exact) mass is 818 g/mol. The van der Waals surface area contributed by atoms with Gasteiger partial charge in [0.15, 0.2) is 8.07 Å². The van der Waals surface area contributed by atoms with Crippen molar-refractivity contribution in [3.8, 4) is 33.6 Å². The molecule has 3 heteroatoms. The number of benzene rings is 10. The molecule has 0 aliphatic heterocycles. The quantitative estimate of drug-likeness (QED) is 0.107. The molecule has 0 radical (unpaired) electrons. The van der Waals surface area contributed by atoms with Gasteiger partial charge in [0.05, 0.1) is 27.8 Å². The third-order valence-electron chi connectivity index (χ3n) is 13.1. The Balaban J connectivity index is 1.25. The molecule has 2 aromatic heterocycles. The van der Waals surface area contributed by atoms with Gasteiger partial charge in [0.2, 0.25) is 0 Å². The standard InChI is InChI=1S/C60H42N2Si/c1-6-21-43(22-7-1)45-37-39-47(40-38-45)61-55-35-19-17-32-53(55)59-56(61)41-46(44-23-8-2-9-24-44)42-57(59)62-54-34-18-16-31-51(54)52-33-20-36-58(60(52)62)63(48-25-10-3-11-26-48,49-27-12-4-13-28-49)50-29-14-5-15-30-50/h1-42H. The summed E-state index contributed by atoms with van der Waals surface area (Å²) in [5, 5.41) is 10.3. The first-order chi connectivity index (χ1) is 31.3. The van der Waals surface area contributed by atoms with Crippen LogP contribution in [0.3, 0.4) is 0 Å². The summed E-state index contributed by atoms with van der Waals surface area (Å²) in [6.45, 7) is 0. The van der Waals surface area contributed by atoms with Crippen LogP contribution in [0.15, 0.2) is 255 Å². The van der Waals surface area contributed by atoms with Crippen LogP contribution in [0.2, 0.25) is 0 Å². The van der Waals surface area contributed by atoms with Crippen LogP contribution in [-0.4, -0.2) is 17.2 Å². The van der Waals surface area contributed by atoms with Crippen molar-refractivity contribution in [2.75, 3.05) is 0 Å². The second-order valence-electron chi connectivity index (χ2n) is 16.4. The van der Waals surface area contributed by atoms with Gasteiger partial charge in [0, 0.05) is 27.2 Å². The summed E-state index contributed by atoms with van der Waals surface area (Å²) in [6.07, 6.45) is 0. The van der Waals surface area contributed by atoms with E-state index in [-0.39, 0.29) is 0 Å². The second-order valence-corrected chi connectivity index (χ2v) is 20.2. The Bertz CT molecular complexity index is 3480. The van der Waals surface area contributed by atoms with E-state index in [0.29, 0.717) is 0 Å². The highest BCUT2D eigenvalue weighted by atomic mass is 28.3. The minimum absolute atomic E-state index is 1.13. The molecule has 2 nitrogen and oxygen atoms in total. The average molecular weight is 819 g/mol. The molecule has 0 atom stereocenters. The molecule has 0 saturated heterocycles. The van der Waals surface area contributed by atoms with Crippen LogP contribution in [-0.2, 0) is 0 Å². The Morgan fingerprint density at radius 2 is 0.730 bits per heavy atom. The maximum atomic E-state index is 2.63. The number of para-hydroxylation sites is 3. The van der Waals surface area contributed by atoms with Crippen molar-refractivity contribution >= 4 is 72.4 Å². The van der Waals surface area contributed by atoms with Gasteiger partial charge in [-0.25, -0.2) is 0 Å². The fourth-order valence-corrected chi connectivity index (χ4v) is 15.3. The third kappa shape index (κ3) is 5.85. The lowest BCUT2D eigenvalue weighted by atomic mass is 10.0. The summed E-state index contributed by atoms with van der Waals surface area (Å²) in [5.74, 6) is 0. The van der Waals surface area contributed by atoms with Crippen molar-refractivity contribution in [2.24, 2.45) is 0 Å². The maximum absolute atomic E-state index is 3.00. The van der Waals surface area contributed by atoms with Crippen LogP contribution in [0.1, 0.15) is 0 Å². The van der Waals surface area contributed by atoms with Crippen molar-refractivity contribution in [1.29, 1.82) is 0 Å². The van der Waals surface area contributed by atoms with E-state index in [1.807, 2.05) is 0 Å². The van der Waals surface area contributed by atoms with E-state index >= 15 is 0 Å². The van der Waals surface area contributed by atoms with Crippen LogP contribution in [0.4, 0.5) is 0 Å². The molecule has 12 aromatic rings. The maximum Gasteiger partial charge on any atom is 0.181 e. The molecule has 0 fully saturated rings. The first-order valence-corrected chi connectivity index (χ1v) is 23.8. The molecule has 2 heterocycles. The largest absolute Gasteiger partial charge is 0.309 e. The zero-order valence-electron chi connectivity index (χ0n) is 34.6. The topological polar surface area (TPSA) is 9.86 Å². The number of aromatic nitrogens is 2. The van der Waals surface area contributed by atoms with Crippen molar-refractivity contribution in [1.82, 2.24) is 9.13 Å². The first kappa shape index (κ1) is 36.8. The zero-order valence-corrected chi connectivity index (χ0v) is 35.6. The van der Waals surface area contributed by atoms with Crippen LogP contribution < -0.4 is 20.7 Å². The molecule has 0 spiro atoms. The second kappa shape index (κ2) is 15.2. The highest BCUT2D eigenvalue weighted by molar-refractivity contribution is 7.20. The Morgan fingerprint density at radius 1 is 0.286 bits per heavy atom. The zero-order chi connectivity index (χ0) is 41.7. The number of hydrogen-bond donors (Lipinski definition) is 0.